The number of hydrogen-bond acceptors (Lipinski definition) is 2. The van der Waals surface area contributed by atoms with E-state index >= 15 is 0 Å². The topological polar surface area (TPSA) is 23.5 Å². The van der Waals surface area contributed by atoms with Crippen molar-refractivity contribution in [1.82, 2.24) is 4.90 Å². The molecule has 1 aliphatic rings. The van der Waals surface area contributed by atoms with Crippen molar-refractivity contribution in [3.63, 3.8) is 0 Å². The molecule has 0 bridgehead atoms. The predicted molar refractivity (Wildman–Crippen MR) is 64.9 cm³/mol. The van der Waals surface area contributed by atoms with Crippen LogP contribution < -0.4 is 0 Å². The van der Waals surface area contributed by atoms with Crippen molar-refractivity contribution in [2.45, 2.75) is 71.1 Å². The van der Waals surface area contributed by atoms with E-state index in [4.69, 9.17) is 0 Å². The van der Waals surface area contributed by atoms with Crippen molar-refractivity contribution in [1.29, 1.82) is 0 Å². The van der Waals surface area contributed by atoms with Gasteiger partial charge in [0.15, 0.2) is 0 Å². The van der Waals surface area contributed by atoms with Gasteiger partial charge in [0.1, 0.15) is 0 Å². The molecule has 0 aromatic carbocycles. The molecule has 1 fully saturated rings. The van der Waals surface area contributed by atoms with Gasteiger partial charge in [-0.15, -0.1) is 0 Å². The SMILES string of the molecule is CCCC(O)C(CC)N(C)C(C)C1CC1. The average Bonchev–Trinajstić information content (AvgIpc) is 3.01. The van der Waals surface area contributed by atoms with Crippen LogP contribution in [-0.2, 0) is 0 Å². The van der Waals surface area contributed by atoms with Crippen LogP contribution in [0.1, 0.15) is 52.9 Å². The van der Waals surface area contributed by atoms with Crippen LogP contribution in [0.15, 0.2) is 0 Å². The molecule has 1 N–H and O–H groups in total. The average molecular weight is 213 g/mol. The smallest absolute Gasteiger partial charge is 0.0695 e. The first-order valence-electron chi connectivity index (χ1n) is 6.51. The third kappa shape index (κ3) is 3.46. The summed E-state index contributed by atoms with van der Waals surface area (Å²) < 4.78 is 0. The van der Waals surface area contributed by atoms with Crippen molar-refractivity contribution < 1.29 is 5.11 Å². The number of nitrogens with zero attached hydrogens (tertiary/aromatic N) is 1. The van der Waals surface area contributed by atoms with Crippen LogP contribution in [-0.4, -0.2) is 35.2 Å². The quantitative estimate of drug-likeness (QED) is 0.703. The lowest BCUT2D eigenvalue weighted by atomic mass is 10.00. The van der Waals surface area contributed by atoms with Gasteiger partial charge >= 0.3 is 0 Å². The highest BCUT2D eigenvalue weighted by Gasteiger charge is 2.34. The van der Waals surface area contributed by atoms with E-state index < -0.39 is 0 Å². The van der Waals surface area contributed by atoms with E-state index in [1.807, 2.05) is 0 Å². The van der Waals surface area contributed by atoms with E-state index in [0.29, 0.717) is 12.1 Å². The molecule has 0 amide bonds. The molecule has 0 aromatic rings. The Kier molecular flexibility index (Phi) is 5.07. The summed E-state index contributed by atoms with van der Waals surface area (Å²) in [4.78, 5) is 2.40. The Hall–Kier alpha value is -0.0800. The molecule has 0 aromatic heterocycles. The van der Waals surface area contributed by atoms with Gasteiger partial charge in [-0.05, 0) is 45.6 Å². The second kappa shape index (κ2) is 5.86. The Balaban J connectivity index is 2.47. The molecule has 1 aliphatic carbocycles. The first-order chi connectivity index (χ1) is 7.11. The van der Waals surface area contributed by atoms with E-state index in [1.54, 1.807) is 0 Å². The normalized spacial score (nSPS) is 22.8. The summed E-state index contributed by atoms with van der Waals surface area (Å²) in [6, 6.07) is 0.988. The molecule has 3 atom stereocenters. The van der Waals surface area contributed by atoms with Gasteiger partial charge in [-0.25, -0.2) is 0 Å². The summed E-state index contributed by atoms with van der Waals surface area (Å²) in [6.45, 7) is 6.62. The third-order valence-electron chi connectivity index (χ3n) is 3.92. The second-order valence-corrected chi connectivity index (χ2v) is 5.08. The molecule has 1 saturated carbocycles. The van der Waals surface area contributed by atoms with Crippen LogP contribution in [0.2, 0.25) is 0 Å². The fraction of sp³-hybridized carbons (Fsp3) is 1.00. The Labute approximate surface area is 94.7 Å². The molecule has 0 radical (unpaired) electrons. The van der Waals surface area contributed by atoms with E-state index in [2.05, 4.69) is 32.7 Å². The van der Waals surface area contributed by atoms with Gasteiger partial charge in [0.25, 0.3) is 0 Å². The highest BCUT2D eigenvalue weighted by atomic mass is 16.3. The summed E-state index contributed by atoms with van der Waals surface area (Å²) in [5.74, 6) is 0.887. The second-order valence-electron chi connectivity index (χ2n) is 5.08. The molecule has 0 spiro atoms. The maximum absolute atomic E-state index is 10.1. The van der Waals surface area contributed by atoms with Gasteiger partial charge in [-0.3, -0.25) is 4.90 Å². The van der Waals surface area contributed by atoms with Crippen LogP contribution in [0.3, 0.4) is 0 Å². The number of aliphatic hydroxyl groups is 1. The maximum Gasteiger partial charge on any atom is 0.0695 e. The molecule has 0 saturated heterocycles. The minimum Gasteiger partial charge on any atom is -0.391 e. The molecule has 1 rings (SSSR count). The largest absolute Gasteiger partial charge is 0.391 e. The summed E-state index contributed by atoms with van der Waals surface area (Å²) in [6.07, 6.45) is 5.67. The van der Waals surface area contributed by atoms with E-state index in [0.717, 1.165) is 25.2 Å². The molecule has 0 aliphatic heterocycles. The van der Waals surface area contributed by atoms with Crippen molar-refractivity contribution in [2.24, 2.45) is 5.92 Å². The summed E-state index contributed by atoms with van der Waals surface area (Å²) in [5, 5.41) is 10.1. The molecule has 2 heteroatoms. The first-order valence-corrected chi connectivity index (χ1v) is 6.51. The number of aliphatic hydroxyl groups excluding tert-OH is 1. The van der Waals surface area contributed by atoms with Crippen molar-refractivity contribution >= 4 is 0 Å². The molecule has 3 unspecified atom stereocenters. The van der Waals surface area contributed by atoms with Crippen molar-refractivity contribution in [3.8, 4) is 0 Å². The molecule has 15 heavy (non-hydrogen) atoms. The van der Waals surface area contributed by atoms with Crippen LogP contribution in [0, 0.1) is 5.92 Å². The lowest BCUT2D eigenvalue weighted by Gasteiger charge is -2.35. The van der Waals surface area contributed by atoms with Crippen LogP contribution in [0.25, 0.3) is 0 Å². The van der Waals surface area contributed by atoms with Gasteiger partial charge < -0.3 is 5.11 Å². The van der Waals surface area contributed by atoms with Crippen LogP contribution in [0.5, 0.6) is 0 Å². The van der Waals surface area contributed by atoms with Crippen molar-refractivity contribution in [2.75, 3.05) is 7.05 Å². The molecule has 90 valence electrons. The Morgan fingerprint density at radius 3 is 2.33 bits per heavy atom. The van der Waals surface area contributed by atoms with Crippen molar-refractivity contribution in [3.05, 3.63) is 0 Å². The number of likely N-dealkylation sites (N-methyl/N-ethyl adjacent to an activating group) is 1. The lowest BCUT2D eigenvalue weighted by molar-refractivity contribution is 0.0315. The Morgan fingerprint density at radius 1 is 1.33 bits per heavy atom. The van der Waals surface area contributed by atoms with Crippen LogP contribution >= 0.6 is 0 Å². The number of rotatable bonds is 7. The number of hydrogen-bond donors (Lipinski definition) is 1. The van der Waals surface area contributed by atoms with Crippen LogP contribution in [0.4, 0.5) is 0 Å². The molecular formula is C13H27NO. The first kappa shape index (κ1) is 13.0. The van der Waals surface area contributed by atoms with E-state index in [1.165, 1.54) is 12.8 Å². The maximum atomic E-state index is 10.1. The van der Waals surface area contributed by atoms with Gasteiger partial charge in [-0.1, -0.05) is 20.3 Å². The Morgan fingerprint density at radius 2 is 1.93 bits per heavy atom. The zero-order valence-electron chi connectivity index (χ0n) is 10.7. The zero-order chi connectivity index (χ0) is 11.4. The van der Waals surface area contributed by atoms with E-state index in [9.17, 15) is 5.11 Å². The minimum absolute atomic E-state index is 0.147. The van der Waals surface area contributed by atoms with E-state index in [-0.39, 0.29) is 6.10 Å². The Bertz CT molecular complexity index is 179. The monoisotopic (exact) mass is 213 g/mol. The predicted octanol–water partition coefficient (Wildman–Crippen LogP) is 2.66. The molecule has 0 heterocycles. The molecular weight excluding hydrogens is 186 g/mol. The third-order valence-corrected chi connectivity index (χ3v) is 3.92. The fourth-order valence-corrected chi connectivity index (χ4v) is 2.53. The van der Waals surface area contributed by atoms with Gasteiger partial charge in [0.2, 0.25) is 0 Å². The zero-order valence-corrected chi connectivity index (χ0v) is 10.7. The highest BCUT2D eigenvalue weighted by molar-refractivity contribution is 4.88. The lowest BCUT2D eigenvalue weighted by Crippen LogP contribution is -2.46. The summed E-state index contributed by atoms with van der Waals surface area (Å²) in [5.41, 5.74) is 0. The van der Waals surface area contributed by atoms with Gasteiger partial charge in [0, 0.05) is 12.1 Å². The highest BCUT2D eigenvalue weighted by Crippen LogP contribution is 2.35. The van der Waals surface area contributed by atoms with Gasteiger partial charge in [0.05, 0.1) is 6.10 Å². The fourth-order valence-electron chi connectivity index (χ4n) is 2.53. The van der Waals surface area contributed by atoms with Gasteiger partial charge in [-0.2, -0.15) is 0 Å². The molecule has 2 nitrogen and oxygen atoms in total. The minimum atomic E-state index is -0.147. The standard InChI is InChI=1S/C13H27NO/c1-5-7-13(15)12(6-2)14(4)10(3)11-8-9-11/h10-13,15H,5-9H2,1-4H3. The summed E-state index contributed by atoms with van der Waals surface area (Å²) >= 11 is 0. The summed E-state index contributed by atoms with van der Waals surface area (Å²) in [7, 11) is 2.18.